The molecule has 3 aromatic rings. The van der Waals surface area contributed by atoms with Crippen LogP contribution in [0.15, 0.2) is 59.7 Å². The number of H-pyrrole nitrogens is 1. The van der Waals surface area contributed by atoms with Gasteiger partial charge in [-0.25, -0.2) is 8.78 Å². The van der Waals surface area contributed by atoms with Gasteiger partial charge in [-0.1, -0.05) is 6.07 Å². The van der Waals surface area contributed by atoms with Gasteiger partial charge in [0, 0.05) is 12.4 Å². The number of benzene rings is 1. The molecule has 0 saturated carbocycles. The molecule has 0 radical (unpaired) electrons. The largest absolute Gasteiger partial charge is 0.573 e. The van der Waals surface area contributed by atoms with Gasteiger partial charge in [-0.3, -0.25) is 14.6 Å². The van der Waals surface area contributed by atoms with Gasteiger partial charge in [0.15, 0.2) is 11.6 Å². The van der Waals surface area contributed by atoms with E-state index in [0.717, 1.165) is 12.1 Å². The number of halogens is 5. The molecule has 0 bridgehead atoms. The monoisotopic (exact) mass is 425 g/mol. The standard InChI is InChI=1S/C19H12F5N3O3/c20-12-4-2-7-25-16(12)15(27-18(29)11-3-1-8-26-17(11)28)10-5-6-14(13(21)9-10)30-19(22,23)24/h1-9,15H,(H,26,28)(H,27,29)/t15-/m0/s1. The van der Waals surface area contributed by atoms with E-state index >= 15 is 0 Å². The number of carbonyl (C=O) groups excluding carboxylic acids is 1. The van der Waals surface area contributed by atoms with Crippen molar-refractivity contribution in [3.05, 3.63) is 93.7 Å². The summed E-state index contributed by atoms with van der Waals surface area (Å²) >= 11 is 0. The van der Waals surface area contributed by atoms with Crippen LogP contribution in [0.2, 0.25) is 0 Å². The van der Waals surface area contributed by atoms with Crippen molar-refractivity contribution in [1.82, 2.24) is 15.3 Å². The smallest absolute Gasteiger partial charge is 0.403 e. The first kappa shape index (κ1) is 21.0. The zero-order valence-corrected chi connectivity index (χ0v) is 14.8. The van der Waals surface area contributed by atoms with Gasteiger partial charge in [-0.15, -0.1) is 13.2 Å². The number of nitrogens with zero attached hydrogens (tertiary/aromatic N) is 1. The third-order valence-electron chi connectivity index (χ3n) is 3.91. The quantitative estimate of drug-likeness (QED) is 0.614. The fourth-order valence-electron chi connectivity index (χ4n) is 2.63. The normalized spacial score (nSPS) is 12.3. The van der Waals surface area contributed by atoms with Gasteiger partial charge >= 0.3 is 6.36 Å². The van der Waals surface area contributed by atoms with Crippen molar-refractivity contribution in [2.24, 2.45) is 0 Å². The first-order chi connectivity index (χ1) is 14.2. The van der Waals surface area contributed by atoms with E-state index in [1.807, 2.05) is 0 Å². The zero-order chi connectivity index (χ0) is 21.9. The Hall–Kier alpha value is -3.76. The summed E-state index contributed by atoms with van der Waals surface area (Å²) in [4.78, 5) is 30.5. The van der Waals surface area contributed by atoms with Crippen molar-refractivity contribution in [2.75, 3.05) is 0 Å². The maximum Gasteiger partial charge on any atom is 0.573 e. The predicted octanol–water partition coefficient (Wildman–Crippen LogP) is 3.47. The average Bonchev–Trinajstić information content (AvgIpc) is 2.68. The molecule has 2 N–H and O–H groups in total. The second-order valence-electron chi connectivity index (χ2n) is 5.93. The number of pyridine rings is 2. The Morgan fingerprint density at radius 3 is 2.50 bits per heavy atom. The number of ether oxygens (including phenoxy) is 1. The minimum absolute atomic E-state index is 0.125. The first-order valence-corrected chi connectivity index (χ1v) is 8.30. The number of hydrogen-bond donors (Lipinski definition) is 2. The number of hydrogen-bond acceptors (Lipinski definition) is 4. The molecule has 1 amide bonds. The number of nitrogens with one attached hydrogen (secondary N) is 2. The van der Waals surface area contributed by atoms with Crippen molar-refractivity contribution in [2.45, 2.75) is 12.4 Å². The maximum atomic E-state index is 14.3. The average molecular weight is 425 g/mol. The van der Waals surface area contributed by atoms with Gasteiger partial charge in [-0.05, 0) is 42.0 Å². The lowest BCUT2D eigenvalue weighted by Gasteiger charge is -2.20. The lowest BCUT2D eigenvalue weighted by Crippen LogP contribution is -2.34. The Bertz CT molecular complexity index is 1130. The van der Waals surface area contributed by atoms with E-state index in [0.29, 0.717) is 12.1 Å². The molecule has 6 nitrogen and oxygen atoms in total. The Kier molecular flexibility index (Phi) is 5.81. The molecule has 3 rings (SSSR count). The summed E-state index contributed by atoms with van der Waals surface area (Å²) in [5.41, 5.74) is -1.49. The SMILES string of the molecule is O=C(N[C@@H](c1ccc(OC(F)(F)F)c(F)c1)c1ncccc1F)c1ccc[nH]c1=O. The van der Waals surface area contributed by atoms with Crippen molar-refractivity contribution in [3.8, 4) is 5.75 Å². The van der Waals surface area contributed by atoms with Crippen molar-refractivity contribution in [1.29, 1.82) is 0 Å². The molecule has 1 atom stereocenters. The van der Waals surface area contributed by atoms with Crippen molar-refractivity contribution >= 4 is 5.91 Å². The molecular weight excluding hydrogens is 413 g/mol. The number of rotatable bonds is 5. The van der Waals surface area contributed by atoms with Crippen LogP contribution in [0.25, 0.3) is 0 Å². The van der Waals surface area contributed by atoms with Crippen LogP contribution in [-0.2, 0) is 0 Å². The van der Waals surface area contributed by atoms with E-state index in [9.17, 15) is 31.5 Å². The van der Waals surface area contributed by atoms with Gasteiger partial charge in [0.2, 0.25) is 0 Å². The second kappa shape index (κ2) is 8.31. The molecule has 2 heterocycles. The number of carbonyl (C=O) groups is 1. The van der Waals surface area contributed by atoms with E-state index in [-0.39, 0.29) is 16.8 Å². The summed E-state index contributed by atoms with van der Waals surface area (Å²) in [6.45, 7) is 0. The highest BCUT2D eigenvalue weighted by molar-refractivity contribution is 5.94. The number of aromatic amines is 1. The molecule has 0 aliphatic carbocycles. The molecule has 0 aliphatic rings. The third kappa shape index (κ3) is 4.80. The summed E-state index contributed by atoms with van der Waals surface area (Å²) in [5, 5.41) is 2.35. The van der Waals surface area contributed by atoms with Crippen LogP contribution in [0.3, 0.4) is 0 Å². The van der Waals surface area contributed by atoms with Crippen LogP contribution in [0.5, 0.6) is 5.75 Å². The fourth-order valence-corrected chi connectivity index (χ4v) is 2.63. The van der Waals surface area contributed by atoms with Gasteiger partial charge in [0.25, 0.3) is 11.5 Å². The molecule has 0 saturated heterocycles. The van der Waals surface area contributed by atoms with Crippen LogP contribution in [-0.4, -0.2) is 22.2 Å². The maximum absolute atomic E-state index is 14.3. The zero-order valence-electron chi connectivity index (χ0n) is 14.8. The van der Waals surface area contributed by atoms with Crippen molar-refractivity contribution < 1.29 is 31.5 Å². The van der Waals surface area contributed by atoms with Crippen LogP contribution >= 0.6 is 0 Å². The van der Waals surface area contributed by atoms with E-state index < -0.39 is 41.3 Å². The summed E-state index contributed by atoms with van der Waals surface area (Å²) in [7, 11) is 0. The van der Waals surface area contributed by atoms with Crippen molar-refractivity contribution in [3.63, 3.8) is 0 Å². The third-order valence-corrected chi connectivity index (χ3v) is 3.91. The van der Waals surface area contributed by atoms with Gasteiger partial charge in [0.05, 0.1) is 6.04 Å². The van der Waals surface area contributed by atoms with Crippen LogP contribution in [0.4, 0.5) is 22.0 Å². The van der Waals surface area contributed by atoms with Crippen LogP contribution in [0.1, 0.15) is 27.7 Å². The summed E-state index contributed by atoms with van der Waals surface area (Å²) < 4.78 is 69.1. The van der Waals surface area contributed by atoms with Gasteiger partial charge in [0.1, 0.15) is 17.1 Å². The highest BCUT2D eigenvalue weighted by atomic mass is 19.4. The molecule has 30 heavy (non-hydrogen) atoms. The Morgan fingerprint density at radius 2 is 1.87 bits per heavy atom. The second-order valence-corrected chi connectivity index (χ2v) is 5.93. The van der Waals surface area contributed by atoms with Crippen LogP contribution < -0.4 is 15.6 Å². The molecule has 0 aliphatic heterocycles. The summed E-state index contributed by atoms with van der Waals surface area (Å²) in [6.07, 6.45) is -2.61. The molecule has 0 unspecified atom stereocenters. The predicted molar refractivity (Wildman–Crippen MR) is 93.6 cm³/mol. The fraction of sp³-hybridized carbons (Fsp3) is 0.105. The summed E-state index contributed by atoms with van der Waals surface area (Å²) in [5.74, 6) is -4.28. The number of aromatic nitrogens is 2. The Morgan fingerprint density at radius 1 is 1.10 bits per heavy atom. The molecule has 2 aromatic heterocycles. The molecule has 1 aromatic carbocycles. The lowest BCUT2D eigenvalue weighted by molar-refractivity contribution is -0.275. The molecule has 11 heteroatoms. The molecular formula is C19H12F5N3O3. The van der Waals surface area contributed by atoms with Gasteiger partial charge < -0.3 is 15.0 Å². The topological polar surface area (TPSA) is 84.1 Å². The van der Waals surface area contributed by atoms with E-state index in [2.05, 4.69) is 20.0 Å². The molecule has 0 fully saturated rings. The molecule has 156 valence electrons. The highest BCUT2D eigenvalue weighted by Crippen LogP contribution is 2.30. The summed E-state index contributed by atoms with van der Waals surface area (Å²) in [6, 6.07) is 5.85. The lowest BCUT2D eigenvalue weighted by atomic mass is 10.0. The minimum Gasteiger partial charge on any atom is -0.403 e. The number of alkyl halides is 3. The first-order valence-electron chi connectivity index (χ1n) is 8.30. The Balaban J connectivity index is 2.02. The number of amides is 1. The minimum atomic E-state index is -5.11. The van der Waals surface area contributed by atoms with Gasteiger partial charge in [-0.2, -0.15) is 0 Å². The highest BCUT2D eigenvalue weighted by Gasteiger charge is 2.33. The molecule has 0 spiro atoms. The van der Waals surface area contributed by atoms with Crippen LogP contribution in [0, 0.1) is 11.6 Å². The van der Waals surface area contributed by atoms with E-state index in [4.69, 9.17) is 0 Å². The van der Waals surface area contributed by atoms with E-state index in [1.165, 1.54) is 30.6 Å². The van der Waals surface area contributed by atoms with E-state index in [1.54, 1.807) is 0 Å². The Labute approximate surface area is 165 Å².